The number of carbonyl (C=O) groups is 1. The Morgan fingerprint density at radius 3 is 2.83 bits per heavy atom. The van der Waals surface area contributed by atoms with Crippen LogP contribution in [-0.2, 0) is 13.5 Å². The quantitative estimate of drug-likeness (QED) is 0.812. The summed E-state index contributed by atoms with van der Waals surface area (Å²) < 4.78 is 2.92. The lowest BCUT2D eigenvalue weighted by molar-refractivity contribution is 0.0982. The fourth-order valence-corrected chi connectivity index (χ4v) is 2.15. The van der Waals surface area contributed by atoms with E-state index < -0.39 is 0 Å². The normalized spacial score (nSPS) is 10.6. The molecule has 0 aliphatic rings. The Kier molecular flexibility index (Phi) is 3.97. The summed E-state index contributed by atoms with van der Waals surface area (Å²) in [7, 11) is 1.94. The number of benzene rings is 1. The standard InChI is InChI=1S/C14H15BrN2O/c1-10-3-4-11(9-12(10)15)13(18)5-6-14-16-7-8-17(14)2/h3-4,7-9H,5-6H2,1-2H3. The van der Waals surface area contributed by atoms with Crippen LogP contribution in [-0.4, -0.2) is 15.3 Å². The number of hydrogen-bond acceptors (Lipinski definition) is 2. The zero-order chi connectivity index (χ0) is 13.1. The summed E-state index contributed by atoms with van der Waals surface area (Å²) in [4.78, 5) is 16.3. The molecule has 0 aliphatic carbocycles. The van der Waals surface area contributed by atoms with Gasteiger partial charge in [-0.1, -0.05) is 28.1 Å². The molecule has 0 aliphatic heterocycles. The number of nitrogens with zero attached hydrogens (tertiary/aromatic N) is 2. The number of carbonyl (C=O) groups excluding carboxylic acids is 1. The number of rotatable bonds is 4. The van der Waals surface area contributed by atoms with E-state index in [9.17, 15) is 4.79 Å². The largest absolute Gasteiger partial charge is 0.338 e. The summed E-state index contributed by atoms with van der Waals surface area (Å²) in [6, 6.07) is 5.72. The number of aromatic nitrogens is 2. The first-order chi connectivity index (χ1) is 8.58. The molecule has 0 fully saturated rings. The number of halogens is 1. The summed E-state index contributed by atoms with van der Waals surface area (Å²) in [5, 5.41) is 0. The van der Waals surface area contributed by atoms with Gasteiger partial charge in [-0.15, -0.1) is 0 Å². The fraction of sp³-hybridized carbons (Fsp3) is 0.286. The van der Waals surface area contributed by atoms with E-state index in [2.05, 4.69) is 20.9 Å². The molecule has 1 aromatic heterocycles. The maximum Gasteiger partial charge on any atom is 0.163 e. The zero-order valence-electron chi connectivity index (χ0n) is 10.5. The van der Waals surface area contributed by atoms with Crippen molar-refractivity contribution in [2.75, 3.05) is 0 Å². The predicted octanol–water partition coefficient (Wildman–Crippen LogP) is 3.31. The van der Waals surface area contributed by atoms with Gasteiger partial charge in [-0.05, 0) is 18.6 Å². The van der Waals surface area contributed by atoms with Crippen LogP contribution in [0.4, 0.5) is 0 Å². The van der Waals surface area contributed by atoms with Crippen LogP contribution in [0.1, 0.15) is 28.2 Å². The van der Waals surface area contributed by atoms with Crippen LogP contribution in [0.3, 0.4) is 0 Å². The lowest BCUT2D eigenvalue weighted by Crippen LogP contribution is -2.05. The number of aryl methyl sites for hydroxylation is 3. The van der Waals surface area contributed by atoms with Gasteiger partial charge in [-0.3, -0.25) is 4.79 Å². The monoisotopic (exact) mass is 306 g/mol. The van der Waals surface area contributed by atoms with Gasteiger partial charge in [0.25, 0.3) is 0 Å². The third-order valence-electron chi connectivity index (χ3n) is 2.99. The number of ketones is 1. The first kappa shape index (κ1) is 13.0. The van der Waals surface area contributed by atoms with Gasteiger partial charge in [0.15, 0.2) is 5.78 Å². The van der Waals surface area contributed by atoms with Crippen molar-refractivity contribution < 1.29 is 4.79 Å². The molecule has 0 radical (unpaired) electrons. The zero-order valence-corrected chi connectivity index (χ0v) is 12.1. The van der Waals surface area contributed by atoms with Crippen molar-refractivity contribution in [1.29, 1.82) is 0 Å². The van der Waals surface area contributed by atoms with Crippen LogP contribution >= 0.6 is 15.9 Å². The Labute approximate surface area is 115 Å². The van der Waals surface area contributed by atoms with E-state index in [1.54, 1.807) is 6.20 Å². The topological polar surface area (TPSA) is 34.9 Å². The summed E-state index contributed by atoms with van der Waals surface area (Å²) in [6.07, 6.45) is 4.80. The van der Waals surface area contributed by atoms with E-state index in [1.807, 2.05) is 42.9 Å². The summed E-state index contributed by atoms with van der Waals surface area (Å²) in [6.45, 7) is 2.01. The van der Waals surface area contributed by atoms with E-state index in [4.69, 9.17) is 0 Å². The SMILES string of the molecule is Cc1ccc(C(=O)CCc2nccn2C)cc1Br. The fourth-order valence-electron chi connectivity index (χ4n) is 1.77. The molecule has 0 saturated carbocycles. The van der Waals surface area contributed by atoms with Crippen LogP contribution in [0.25, 0.3) is 0 Å². The molecule has 1 aromatic carbocycles. The Morgan fingerprint density at radius 2 is 2.22 bits per heavy atom. The van der Waals surface area contributed by atoms with Gasteiger partial charge in [0.2, 0.25) is 0 Å². The Bertz CT molecular complexity index is 575. The van der Waals surface area contributed by atoms with E-state index in [0.29, 0.717) is 12.8 Å². The number of Topliss-reactive ketones (excluding diaryl/α,β-unsaturated/α-hetero) is 1. The maximum absolute atomic E-state index is 12.1. The molecule has 0 saturated heterocycles. The second-order valence-corrected chi connectivity index (χ2v) is 5.20. The third-order valence-corrected chi connectivity index (χ3v) is 3.84. The van der Waals surface area contributed by atoms with Crippen LogP contribution in [0, 0.1) is 6.92 Å². The lowest BCUT2D eigenvalue weighted by atomic mass is 10.0. The summed E-state index contributed by atoms with van der Waals surface area (Å²) >= 11 is 3.45. The van der Waals surface area contributed by atoms with Gasteiger partial charge in [0.1, 0.15) is 5.82 Å². The van der Waals surface area contributed by atoms with E-state index in [0.717, 1.165) is 21.4 Å². The molecule has 2 aromatic rings. The predicted molar refractivity (Wildman–Crippen MR) is 74.7 cm³/mol. The van der Waals surface area contributed by atoms with Crippen molar-refractivity contribution in [3.05, 3.63) is 52.0 Å². The van der Waals surface area contributed by atoms with Crippen LogP contribution in [0.2, 0.25) is 0 Å². The van der Waals surface area contributed by atoms with Crippen LogP contribution in [0.5, 0.6) is 0 Å². The Balaban J connectivity index is 2.04. The smallest absolute Gasteiger partial charge is 0.163 e. The summed E-state index contributed by atoms with van der Waals surface area (Å²) in [5.41, 5.74) is 1.89. The van der Waals surface area contributed by atoms with E-state index in [-0.39, 0.29) is 5.78 Å². The van der Waals surface area contributed by atoms with Gasteiger partial charge in [0, 0.05) is 42.3 Å². The van der Waals surface area contributed by atoms with Crippen molar-refractivity contribution in [2.45, 2.75) is 19.8 Å². The van der Waals surface area contributed by atoms with Crippen molar-refractivity contribution in [1.82, 2.24) is 9.55 Å². The molecule has 0 atom stereocenters. The molecule has 2 rings (SSSR count). The van der Waals surface area contributed by atoms with Crippen LogP contribution < -0.4 is 0 Å². The van der Waals surface area contributed by atoms with Gasteiger partial charge in [0.05, 0.1) is 0 Å². The molecule has 0 amide bonds. The number of hydrogen-bond donors (Lipinski definition) is 0. The highest BCUT2D eigenvalue weighted by atomic mass is 79.9. The highest BCUT2D eigenvalue weighted by Gasteiger charge is 2.09. The van der Waals surface area contributed by atoms with Gasteiger partial charge >= 0.3 is 0 Å². The number of imidazole rings is 1. The Morgan fingerprint density at radius 1 is 1.44 bits per heavy atom. The molecule has 0 N–H and O–H groups in total. The first-order valence-corrected chi connectivity index (χ1v) is 6.63. The molecular weight excluding hydrogens is 292 g/mol. The highest BCUT2D eigenvalue weighted by Crippen LogP contribution is 2.18. The molecule has 3 nitrogen and oxygen atoms in total. The van der Waals surface area contributed by atoms with Crippen molar-refractivity contribution in [3.63, 3.8) is 0 Å². The second-order valence-electron chi connectivity index (χ2n) is 4.34. The molecule has 1 heterocycles. The first-order valence-electron chi connectivity index (χ1n) is 5.83. The second kappa shape index (κ2) is 5.48. The summed E-state index contributed by atoms with van der Waals surface area (Å²) in [5.74, 6) is 1.09. The molecule has 0 spiro atoms. The molecule has 0 unspecified atom stereocenters. The molecule has 0 bridgehead atoms. The molecular formula is C14H15BrN2O. The molecule has 94 valence electrons. The van der Waals surface area contributed by atoms with Crippen molar-refractivity contribution >= 4 is 21.7 Å². The minimum absolute atomic E-state index is 0.152. The molecule has 4 heteroatoms. The molecule has 18 heavy (non-hydrogen) atoms. The van der Waals surface area contributed by atoms with Crippen molar-refractivity contribution in [2.24, 2.45) is 7.05 Å². The minimum Gasteiger partial charge on any atom is -0.338 e. The van der Waals surface area contributed by atoms with Gasteiger partial charge < -0.3 is 4.57 Å². The third kappa shape index (κ3) is 2.88. The minimum atomic E-state index is 0.152. The van der Waals surface area contributed by atoms with Gasteiger partial charge in [-0.2, -0.15) is 0 Å². The van der Waals surface area contributed by atoms with E-state index >= 15 is 0 Å². The average molecular weight is 307 g/mol. The average Bonchev–Trinajstić information content (AvgIpc) is 2.75. The Hall–Kier alpha value is -1.42. The van der Waals surface area contributed by atoms with Crippen LogP contribution in [0.15, 0.2) is 35.1 Å². The van der Waals surface area contributed by atoms with Crippen molar-refractivity contribution in [3.8, 4) is 0 Å². The maximum atomic E-state index is 12.1. The highest BCUT2D eigenvalue weighted by molar-refractivity contribution is 9.10. The van der Waals surface area contributed by atoms with E-state index in [1.165, 1.54) is 0 Å². The lowest BCUT2D eigenvalue weighted by Gasteiger charge is -2.04. The van der Waals surface area contributed by atoms with Gasteiger partial charge in [-0.25, -0.2) is 4.98 Å².